The Balaban J connectivity index is 2.54. The molecular weight excluding hydrogens is 254 g/mol. The van der Waals surface area contributed by atoms with Crippen molar-refractivity contribution in [2.24, 2.45) is 5.73 Å². The molecule has 20 heavy (non-hydrogen) atoms. The van der Waals surface area contributed by atoms with Crippen molar-refractivity contribution in [1.82, 2.24) is 15.1 Å². The van der Waals surface area contributed by atoms with Gasteiger partial charge < -0.3 is 16.0 Å². The third-order valence-electron chi connectivity index (χ3n) is 3.58. The maximum absolute atomic E-state index is 12.2. The van der Waals surface area contributed by atoms with Crippen LogP contribution in [0.1, 0.15) is 20.3 Å². The fraction of sp³-hybridized carbons (Fsp3) is 0.714. The Morgan fingerprint density at radius 2 is 2.10 bits per heavy atom. The standard InChI is InChI=1S/C14H25N5O/c1-3-12(2)17-11-13(10-16)14(20)19-8-6-18(5-4-15)7-9-19/h11-12,17H,3-9,15H2,1-2H3/b13-11-. The number of carbonyl (C=O) groups excluding carboxylic acids is 1. The number of nitrogens with two attached hydrogens (primary N) is 1. The van der Waals surface area contributed by atoms with Crippen LogP contribution in [0.4, 0.5) is 0 Å². The van der Waals surface area contributed by atoms with Gasteiger partial charge in [0.15, 0.2) is 0 Å². The molecule has 0 aromatic heterocycles. The molecule has 1 aliphatic rings. The Morgan fingerprint density at radius 3 is 2.60 bits per heavy atom. The van der Waals surface area contributed by atoms with E-state index in [1.807, 2.05) is 13.0 Å². The van der Waals surface area contributed by atoms with Crippen LogP contribution in [-0.4, -0.2) is 61.0 Å². The number of nitrogens with one attached hydrogen (secondary N) is 1. The molecule has 0 aromatic rings. The van der Waals surface area contributed by atoms with Crippen molar-refractivity contribution in [3.8, 4) is 6.07 Å². The molecule has 1 aliphatic heterocycles. The fourth-order valence-electron chi connectivity index (χ4n) is 2.01. The molecule has 1 heterocycles. The van der Waals surface area contributed by atoms with Gasteiger partial charge in [0.2, 0.25) is 0 Å². The summed E-state index contributed by atoms with van der Waals surface area (Å²) in [5.41, 5.74) is 5.70. The monoisotopic (exact) mass is 279 g/mol. The number of carbonyl (C=O) groups is 1. The molecule has 1 amide bonds. The van der Waals surface area contributed by atoms with Gasteiger partial charge in [-0.15, -0.1) is 0 Å². The zero-order valence-electron chi connectivity index (χ0n) is 12.4. The summed E-state index contributed by atoms with van der Waals surface area (Å²) in [5, 5.41) is 12.2. The molecule has 3 N–H and O–H groups in total. The largest absolute Gasteiger partial charge is 0.387 e. The average molecular weight is 279 g/mol. The first-order valence-electron chi connectivity index (χ1n) is 7.20. The van der Waals surface area contributed by atoms with Gasteiger partial charge in [-0.05, 0) is 13.3 Å². The van der Waals surface area contributed by atoms with Gasteiger partial charge in [0.1, 0.15) is 11.6 Å². The number of hydrogen-bond acceptors (Lipinski definition) is 5. The van der Waals surface area contributed by atoms with Crippen molar-refractivity contribution in [2.45, 2.75) is 26.3 Å². The summed E-state index contributed by atoms with van der Waals surface area (Å²) in [7, 11) is 0. The number of piperazine rings is 1. The number of nitriles is 1. The highest BCUT2D eigenvalue weighted by Crippen LogP contribution is 2.06. The summed E-state index contributed by atoms with van der Waals surface area (Å²) < 4.78 is 0. The van der Waals surface area contributed by atoms with Crippen molar-refractivity contribution in [3.05, 3.63) is 11.8 Å². The van der Waals surface area contributed by atoms with E-state index >= 15 is 0 Å². The second kappa shape index (κ2) is 8.56. The number of amides is 1. The highest BCUT2D eigenvalue weighted by molar-refractivity contribution is 5.97. The van der Waals surface area contributed by atoms with Gasteiger partial charge in [-0.1, -0.05) is 6.92 Å². The minimum Gasteiger partial charge on any atom is -0.387 e. The summed E-state index contributed by atoms with van der Waals surface area (Å²) in [5.74, 6) is -0.185. The van der Waals surface area contributed by atoms with E-state index < -0.39 is 0 Å². The lowest BCUT2D eigenvalue weighted by molar-refractivity contribution is -0.128. The molecule has 0 aromatic carbocycles. The zero-order chi connectivity index (χ0) is 15.0. The average Bonchev–Trinajstić information content (AvgIpc) is 2.48. The fourth-order valence-corrected chi connectivity index (χ4v) is 2.01. The highest BCUT2D eigenvalue weighted by Gasteiger charge is 2.23. The van der Waals surface area contributed by atoms with E-state index in [4.69, 9.17) is 11.0 Å². The lowest BCUT2D eigenvalue weighted by atomic mass is 10.2. The zero-order valence-corrected chi connectivity index (χ0v) is 12.4. The Kier molecular flexibility index (Phi) is 7.05. The smallest absolute Gasteiger partial charge is 0.266 e. The van der Waals surface area contributed by atoms with Gasteiger partial charge in [0.25, 0.3) is 5.91 Å². The molecule has 0 saturated carbocycles. The predicted octanol–water partition coefficient (Wildman–Crippen LogP) is -0.115. The molecule has 1 rings (SSSR count). The Bertz CT molecular complexity index is 380. The summed E-state index contributed by atoms with van der Waals surface area (Å²) in [6.45, 7) is 8.51. The molecule has 1 fully saturated rings. The first-order valence-corrected chi connectivity index (χ1v) is 7.20. The maximum atomic E-state index is 12.2. The minimum absolute atomic E-state index is 0.178. The lowest BCUT2D eigenvalue weighted by Gasteiger charge is -2.34. The molecule has 0 spiro atoms. The molecular formula is C14H25N5O. The Morgan fingerprint density at radius 1 is 1.45 bits per heavy atom. The molecule has 1 unspecified atom stereocenters. The van der Waals surface area contributed by atoms with Gasteiger partial charge in [-0.2, -0.15) is 5.26 Å². The number of nitrogens with zero attached hydrogens (tertiary/aromatic N) is 3. The van der Waals surface area contributed by atoms with Crippen molar-refractivity contribution in [2.75, 3.05) is 39.3 Å². The molecule has 6 heteroatoms. The summed E-state index contributed by atoms with van der Waals surface area (Å²) >= 11 is 0. The van der Waals surface area contributed by atoms with Crippen molar-refractivity contribution < 1.29 is 4.79 Å². The van der Waals surface area contributed by atoms with E-state index in [0.717, 1.165) is 26.1 Å². The third kappa shape index (κ3) is 4.83. The predicted molar refractivity (Wildman–Crippen MR) is 78.7 cm³/mol. The molecule has 0 aliphatic carbocycles. The maximum Gasteiger partial charge on any atom is 0.266 e. The normalized spacial score (nSPS) is 18.5. The van der Waals surface area contributed by atoms with Crippen LogP contribution in [0, 0.1) is 11.3 Å². The molecule has 6 nitrogen and oxygen atoms in total. The van der Waals surface area contributed by atoms with E-state index in [9.17, 15) is 4.79 Å². The molecule has 1 saturated heterocycles. The van der Waals surface area contributed by atoms with E-state index in [1.165, 1.54) is 0 Å². The van der Waals surface area contributed by atoms with Gasteiger partial charge >= 0.3 is 0 Å². The second-order valence-corrected chi connectivity index (χ2v) is 5.07. The van der Waals surface area contributed by atoms with E-state index in [-0.39, 0.29) is 17.5 Å². The SMILES string of the molecule is CCC(C)N/C=C(/C#N)C(=O)N1CCN(CCN)CC1. The van der Waals surface area contributed by atoms with Crippen LogP contribution in [0.5, 0.6) is 0 Å². The number of rotatable bonds is 6. The highest BCUT2D eigenvalue weighted by atomic mass is 16.2. The number of hydrogen-bond donors (Lipinski definition) is 2. The van der Waals surface area contributed by atoms with Crippen LogP contribution in [0.15, 0.2) is 11.8 Å². The Labute approximate surface area is 121 Å². The first kappa shape index (κ1) is 16.5. The van der Waals surface area contributed by atoms with Gasteiger partial charge in [-0.3, -0.25) is 9.69 Å². The summed E-state index contributed by atoms with van der Waals surface area (Å²) in [6, 6.07) is 2.25. The van der Waals surface area contributed by atoms with Crippen LogP contribution >= 0.6 is 0 Å². The van der Waals surface area contributed by atoms with E-state index in [0.29, 0.717) is 19.6 Å². The van der Waals surface area contributed by atoms with E-state index in [2.05, 4.69) is 17.1 Å². The lowest BCUT2D eigenvalue weighted by Crippen LogP contribution is -2.50. The van der Waals surface area contributed by atoms with E-state index in [1.54, 1.807) is 11.1 Å². The topological polar surface area (TPSA) is 85.4 Å². The summed E-state index contributed by atoms with van der Waals surface area (Å²) in [6.07, 6.45) is 2.49. The van der Waals surface area contributed by atoms with Crippen LogP contribution in [-0.2, 0) is 4.79 Å². The molecule has 0 radical (unpaired) electrons. The van der Waals surface area contributed by atoms with Crippen LogP contribution in [0.2, 0.25) is 0 Å². The van der Waals surface area contributed by atoms with Crippen LogP contribution in [0.25, 0.3) is 0 Å². The first-order chi connectivity index (χ1) is 9.62. The van der Waals surface area contributed by atoms with Crippen LogP contribution in [0.3, 0.4) is 0 Å². The van der Waals surface area contributed by atoms with Gasteiger partial charge in [-0.25, -0.2) is 0 Å². The van der Waals surface area contributed by atoms with Crippen LogP contribution < -0.4 is 11.1 Å². The molecule has 112 valence electrons. The Hall–Kier alpha value is -1.58. The molecule has 1 atom stereocenters. The minimum atomic E-state index is -0.185. The van der Waals surface area contributed by atoms with Crippen molar-refractivity contribution in [1.29, 1.82) is 5.26 Å². The second-order valence-electron chi connectivity index (χ2n) is 5.07. The van der Waals surface area contributed by atoms with Crippen molar-refractivity contribution >= 4 is 5.91 Å². The third-order valence-corrected chi connectivity index (χ3v) is 3.58. The summed E-state index contributed by atoms with van der Waals surface area (Å²) in [4.78, 5) is 16.2. The van der Waals surface area contributed by atoms with Gasteiger partial charge in [0, 0.05) is 51.5 Å². The quantitative estimate of drug-likeness (QED) is 0.523. The molecule has 0 bridgehead atoms. The van der Waals surface area contributed by atoms with Crippen molar-refractivity contribution in [3.63, 3.8) is 0 Å². The van der Waals surface area contributed by atoms with Gasteiger partial charge in [0.05, 0.1) is 0 Å².